The normalized spacial score (nSPS) is 11.1. The molecule has 96 valence electrons. The van der Waals surface area contributed by atoms with Gasteiger partial charge in [-0.3, -0.25) is 0 Å². The molecule has 2 aromatic heterocycles. The van der Waals surface area contributed by atoms with Crippen LogP contribution in [-0.4, -0.2) is 9.38 Å². The van der Waals surface area contributed by atoms with E-state index >= 15 is 0 Å². The van der Waals surface area contributed by atoms with Gasteiger partial charge in [-0.05, 0) is 29.8 Å². The van der Waals surface area contributed by atoms with E-state index in [-0.39, 0.29) is 5.56 Å². The summed E-state index contributed by atoms with van der Waals surface area (Å²) < 4.78 is 28.4. The number of nitrogens with two attached hydrogens (primary N) is 1. The van der Waals surface area contributed by atoms with Gasteiger partial charge in [0.2, 0.25) is 0 Å². The summed E-state index contributed by atoms with van der Waals surface area (Å²) in [4.78, 5) is 4.33. The highest BCUT2D eigenvalue weighted by Gasteiger charge is 2.10. The molecular formula is C14H11F2N3. The van der Waals surface area contributed by atoms with Crippen molar-refractivity contribution in [1.82, 2.24) is 9.38 Å². The first kappa shape index (κ1) is 11.8. The molecule has 2 heterocycles. The van der Waals surface area contributed by atoms with E-state index in [9.17, 15) is 8.78 Å². The molecule has 0 unspecified atom stereocenters. The molecule has 19 heavy (non-hydrogen) atoms. The Morgan fingerprint density at radius 1 is 1.16 bits per heavy atom. The van der Waals surface area contributed by atoms with Crippen molar-refractivity contribution in [2.75, 3.05) is 0 Å². The summed E-state index contributed by atoms with van der Waals surface area (Å²) in [6, 6.07) is 7.17. The summed E-state index contributed by atoms with van der Waals surface area (Å²) in [5.74, 6) is -1.22. The monoisotopic (exact) mass is 259 g/mol. The molecule has 0 amide bonds. The lowest BCUT2D eigenvalue weighted by Crippen LogP contribution is -1.96. The Bertz CT molecular complexity index is 750. The summed E-state index contributed by atoms with van der Waals surface area (Å²) >= 11 is 0. The predicted octanol–water partition coefficient (Wildman–Crippen LogP) is 2.74. The van der Waals surface area contributed by atoms with Crippen LogP contribution < -0.4 is 5.73 Å². The molecule has 0 radical (unpaired) electrons. The second-order valence-corrected chi connectivity index (χ2v) is 4.25. The Hall–Kier alpha value is -2.27. The third-order valence-electron chi connectivity index (χ3n) is 2.97. The maximum Gasteiger partial charge on any atom is 0.137 e. The Balaban J connectivity index is 2.14. The van der Waals surface area contributed by atoms with Crippen LogP contribution in [0.1, 0.15) is 5.56 Å². The molecule has 5 heteroatoms. The Kier molecular flexibility index (Phi) is 2.76. The average molecular weight is 259 g/mol. The number of benzene rings is 1. The van der Waals surface area contributed by atoms with Gasteiger partial charge in [0, 0.05) is 30.6 Å². The maximum absolute atomic E-state index is 13.7. The molecule has 0 fully saturated rings. The Labute approximate surface area is 108 Å². The number of halogens is 2. The van der Waals surface area contributed by atoms with Gasteiger partial charge in [0.15, 0.2) is 0 Å². The van der Waals surface area contributed by atoms with Gasteiger partial charge in [-0.2, -0.15) is 0 Å². The average Bonchev–Trinajstić information content (AvgIpc) is 2.80. The highest BCUT2D eigenvalue weighted by Crippen LogP contribution is 2.23. The second kappa shape index (κ2) is 4.44. The van der Waals surface area contributed by atoms with Crippen LogP contribution in [0.3, 0.4) is 0 Å². The minimum absolute atomic E-state index is 0.277. The standard InChI is InChI=1S/C14H11F2N3/c15-10-1-2-11(12(16)6-10)13-8-19-4-3-9(7-17)5-14(19)18-13/h1-6,8H,7,17H2. The number of pyridine rings is 1. The van der Waals surface area contributed by atoms with E-state index < -0.39 is 11.6 Å². The fourth-order valence-corrected chi connectivity index (χ4v) is 1.98. The summed E-state index contributed by atoms with van der Waals surface area (Å²) in [6.07, 6.45) is 3.52. The number of imidazole rings is 1. The van der Waals surface area contributed by atoms with E-state index in [1.807, 2.05) is 18.3 Å². The zero-order valence-corrected chi connectivity index (χ0v) is 9.98. The first-order valence-electron chi connectivity index (χ1n) is 5.80. The largest absolute Gasteiger partial charge is 0.326 e. The van der Waals surface area contributed by atoms with Crippen LogP contribution in [0.2, 0.25) is 0 Å². The van der Waals surface area contributed by atoms with Crippen LogP contribution in [0, 0.1) is 11.6 Å². The second-order valence-electron chi connectivity index (χ2n) is 4.25. The number of fused-ring (bicyclic) bond motifs is 1. The van der Waals surface area contributed by atoms with Crippen molar-refractivity contribution in [2.45, 2.75) is 6.54 Å². The van der Waals surface area contributed by atoms with E-state index in [1.165, 1.54) is 12.1 Å². The van der Waals surface area contributed by atoms with Crippen LogP contribution in [0.25, 0.3) is 16.9 Å². The van der Waals surface area contributed by atoms with Crippen molar-refractivity contribution in [3.05, 3.63) is 59.9 Å². The van der Waals surface area contributed by atoms with Gasteiger partial charge in [0.05, 0.1) is 5.69 Å². The zero-order valence-electron chi connectivity index (χ0n) is 9.98. The van der Waals surface area contributed by atoms with E-state index in [2.05, 4.69) is 4.98 Å². The van der Waals surface area contributed by atoms with Gasteiger partial charge >= 0.3 is 0 Å². The van der Waals surface area contributed by atoms with E-state index in [0.29, 0.717) is 17.9 Å². The Morgan fingerprint density at radius 3 is 2.74 bits per heavy atom. The highest BCUT2D eigenvalue weighted by atomic mass is 19.1. The third kappa shape index (κ3) is 2.08. The summed E-state index contributed by atoms with van der Waals surface area (Å²) in [6.45, 7) is 0.420. The summed E-state index contributed by atoms with van der Waals surface area (Å²) in [5.41, 5.74) is 7.93. The minimum Gasteiger partial charge on any atom is -0.326 e. The number of nitrogens with zero attached hydrogens (tertiary/aromatic N) is 2. The van der Waals surface area contributed by atoms with E-state index in [1.54, 1.807) is 10.6 Å². The molecule has 0 bridgehead atoms. The molecule has 0 saturated carbocycles. The Morgan fingerprint density at radius 2 is 2.00 bits per heavy atom. The lowest BCUT2D eigenvalue weighted by molar-refractivity contribution is 0.585. The number of aromatic nitrogens is 2. The van der Waals surface area contributed by atoms with Crippen molar-refractivity contribution >= 4 is 5.65 Å². The molecule has 3 aromatic rings. The molecule has 0 aliphatic rings. The fraction of sp³-hybridized carbons (Fsp3) is 0.0714. The van der Waals surface area contributed by atoms with Crippen molar-refractivity contribution in [3.63, 3.8) is 0 Å². The van der Waals surface area contributed by atoms with Crippen LogP contribution in [0.5, 0.6) is 0 Å². The number of hydrogen-bond donors (Lipinski definition) is 1. The number of rotatable bonds is 2. The maximum atomic E-state index is 13.7. The first-order chi connectivity index (χ1) is 9.17. The smallest absolute Gasteiger partial charge is 0.137 e. The molecule has 0 saturated heterocycles. The fourth-order valence-electron chi connectivity index (χ4n) is 1.98. The predicted molar refractivity (Wildman–Crippen MR) is 68.4 cm³/mol. The molecule has 3 nitrogen and oxygen atoms in total. The van der Waals surface area contributed by atoms with Gasteiger partial charge < -0.3 is 10.1 Å². The number of hydrogen-bond acceptors (Lipinski definition) is 2. The van der Waals surface area contributed by atoms with Crippen LogP contribution in [0.4, 0.5) is 8.78 Å². The topological polar surface area (TPSA) is 43.3 Å². The van der Waals surface area contributed by atoms with Crippen molar-refractivity contribution in [3.8, 4) is 11.3 Å². The summed E-state index contributed by atoms with van der Waals surface area (Å²) in [7, 11) is 0. The molecule has 1 aromatic carbocycles. The molecule has 0 aliphatic carbocycles. The van der Waals surface area contributed by atoms with Gasteiger partial charge in [-0.1, -0.05) is 0 Å². The van der Waals surface area contributed by atoms with Crippen molar-refractivity contribution < 1.29 is 8.78 Å². The van der Waals surface area contributed by atoms with Gasteiger partial charge in [-0.15, -0.1) is 0 Å². The first-order valence-corrected chi connectivity index (χ1v) is 5.80. The molecule has 3 rings (SSSR count). The molecule has 0 aliphatic heterocycles. The van der Waals surface area contributed by atoms with Gasteiger partial charge in [0.1, 0.15) is 17.3 Å². The van der Waals surface area contributed by atoms with Crippen LogP contribution in [-0.2, 0) is 6.54 Å². The van der Waals surface area contributed by atoms with Crippen LogP contribution >= 0.6 is 0 Å². The summed E-state index contributed by atoms with van der Waals surface area (Å²) in [5, 5.41) is 0. The van der Waals surface area contributed by atoms with Crippen LogP contribution in [0.15, 0.2) is 42.7 Å². The van der Waals surface area contributed by atoms with Crippen molar-refractivity contribution in [1.29, 1.82) is 0 Å². The molecule has 0 atom stereocenters. The van der Waals surface area contributed by atoms with E-state index in [4.69, 9.17) is 5.73 Å². The molecule has 0 spiro atoms. The third-order valence-corrected chi connectivity index (χ3v) is 2.97. The van der Waals surface area contributed by atoms with E-state index in [0.717, 1.165) is 11.6 Å². The lowest BCUT2D eigenvalue weighted by atomic mass is 10.1. The van der Waals surface area contributed by atoms with Gasteiger partial charge in [-0.25, -0.2) is 13.8 Å². The molecule has 2 N–H and O–H groups in total. The minimum atomic E-state index is -0.623. The zero-order chi connectivity index (χ0) is 13.4. The SMILES string of the molecule is NCc1ccn2cc(-c3ccc(F)cc3F)nc2c1. The quantitative estimate of drug-likeness (QED) is 0.769. The lowest BCUT2D eigenvalue weighted by Gasteiger charge is -1.98. The highest BCUT2D eigenvalue weighted by molar-refractivity contribution is 5.63. The van der Waals surface area contributed by atoms with Gasteiger partial charge in [0.25, 0.3) is 0 Å². The molecular weight excluding hydrogens is 248 g/mol. The van der Waals surface area contributed by atoms with Crippen molar-refractivity contribution in [2.24, 2.45) is 5.73 Å².